The number of fused-ring (bicyclic) bond motifs is 5. The SMILES string of the molecule is CC(C)n1[nH]cc2c(-c3ccc4c(c3)n(C)c(=O)n4C)c3oc4cc(=O)ccc4c3nc21. The molecule has 0 radical (unpaired) electrons. The van der Waals surface area contributed by atoms with Crippen LogP contribution in [0.1, 0.15) is 19.9 Å². The summed E-state index contributed by atoms with van der Waals surface area (Å²) in [6, 6.07) is 10.9. The first-order chi connectivity index (χ1) is 15.3. The summed E-state index contributed by atoms with van der Waals surface area (Å²) in [5, 5.41) is 5.02. The van der Waals surface area contributed by atoms with E-state index in [0.29, 0.717) is 16.7 Å². The number of nitrogens with zero attached hydrogens (tertiary/aromatic N) is 4. The molecular weight excluding hydrogens is 406 g/mol. The van der Waals surface area contributed by atoms with Crippen molar-refractivity contribution in [3.63, 3.8) is 0 Å². The van der Waals surface area contributed by atoms with Gasteiger partial charge in [0.2, 0.25) is 0 Å². The molecule has 6 aromatic rings. The Bertz CT molecular complexity index is 1820. The summed E-state index contributed by atoms with van der Waals surface area (Å²) in [7, 11) is 3.54. The summed E-state index contributed by atoms with van der Waals surface area (Å²) in [5.74, 6) is 0. The van der Waals surface area contributed by atoms with E-state index in [4.69, 9.17) is 9.40 Å². The number of pyridine rings is 1. The van der Waals surface area contributed by atoms with Crippen molar-refractivity contribution in [2.45, 2.75) is 19.9 Å². The van der Waals surface area contributed by atoms with Crippen molar-refractivity contribution in [1.82, 2.24) is 23.9 Å². The minimum atomic E-state index is -0.108. The van der Waals surface area contributed by atoms with Crippen molar-refractivity contribution >= 4 is 44.1 Å². The van der Waals surface area contributed by atoms with Gasteiger partial charge in [0.25, 0.3) is 0 Å². The molecule has 2 aromatic carbocycles. The Morgan fingerprint density at radius 2 is 1.75 bits per heavy atom. The van der Waals surface area contributed by atoms with Gasteiger partial charge in [-0.15, -0.1) is 0 Å². The van der Waals surface area contributed by atoms with Gasteiger partial charge in [0, 0.05) is 48.7 Å². The number of H-pyrrole nitrogens is 1. The number of furan rings is 1. The third kappa shape index (κ3) is 2.34. The lowest BCUT2D eigenvalue weighted by Gasteiger charge is -2.10. The zero-order chi connectivity index (χ0) is 22.3. The molecule has 0 aliphatic heterocycles. The van der Waals surface area contributed by atoms with Crippen molar-refractivity contribution in [2.24, 2.45) is 14.1 Å². The lowest BCUT2D eigenvalue weighted by Crippen LogP contribution is -2.19. The predicted octanol–water partition coefficient (Wildman–Crippen LogP) is 4.06. The number of aryl methyl sites for hydroxylation is 2. The molecule has 8 heteroatoms. The minimum absolute atomic E-state index is 0.0758. The van der Waals surface area contributed by atoms with E-state index in [1.165, 1.54) is 12.1 Å². The first-order valence-electron chi connectivity index (χ1n) is 10.5. The van der Waals surface area contributed by atoms with Gasteiger partial charge in [-0.25, -0.2) is 9.78 Å². The molecule has 0 saturated carbocycles. The van der Waals surface area contributed by atoms with Crippen LogP contribution in [-0.2, 0) is 14.1 Å². The zero-order valence-electron chi connectivity index (χ0n) is 18.1. The number of rotatable bonds is 2. The number of nitrogens with one attached hydrogen (secondary N) is 1. The fraction of sp³-hybridized carbons (Fsp3) is 0.208. The van der Waals surface area contributed by atoms with Crippen molar-refractivity contribution in [1.29, 1.82) is 0 Å². The smallest absolute Gasteiger partial charge is 0.328 e. The number of aromatic nitrogens is 5. The number of aromatic amines is 1. The minimum Gasteiger partial charge on any atom is -0.454 e. The number of hydrogen-bond donors (Lipinski definition) is 1. The monoisotopic (exact) mass is 427 g/mol. The highest BCUT2D eigenvalue weighted by atomic mass is 16.3. The zero-order valence-corrected chi connectivity index (χ0v) is 18.1. The molecule has 0 aliphatic rings. The third-order valence-corrected chi connectivity index (χ3v) is 6.24. The van der Waals surface area contributed by atoms with Crippen molar-refractivity contribution in [3.8, 4) is 11.1 Å². The van der Waals surface area contributed by atoms with E-state index in [1.54, 1.807) is 29.3 Å². The van der Waals surface area contributed by atoms with Crippen LogP contribution < -0.4 is 11.1 Å². The van der Waals surface area contributed by atoms with E-state index in [1.807, 2.05) is 29.1 Å². The molecule has 4 aromatic heterocycles. The molecule has 0 unspecified atom stereocenters. The maximum atomic E-state index is 12.4. The molecule has 0 bridgehead atoms. The highest BCUT2D eigenvalue weighted by molar-refractivity contribution is 6.14. The Labute approximate surface area is 181 Å². The van der Waals surface area contributed by atoms with Crippen LogP contribution in [0.4, 0.5) is 0 Å². The fourth-order valence-corrected chi connectivity index (χ4v) is 4.60. The first-order valence-corrected chi connectivity index (χ1v) is 10.5. The average Bonchev–Trinajstić information content (AvgIpc) is 3.41. The van der Waals surface area contributed by atoms with E-state index < -0.39 is 0 Å². The number of hydrogen-bond acceptors (Lipinski definition) is 4. The van der Waals surface area contributed by atoms with Gasteiger partial charge in [0.15, 0.2) is 16.7 Å². The second-order valence-electron chi connectivity index (χ2n) is 8.50. The van der Waals surface area contributed by atoms with Crippen molar-refractivity contribution < 1.29 is 4.42 Å². The van der Waals surface area contributed by atoms with E-state index in [2.05, 4.69) is 18.9 Å². The fourth-order valence-electron chi connectivity index (χ4n) is 4.60. The summed E-state index contributed by atoms with van der Waals surface area (Å²) in [6.45, 7) is 4.18. The molecule has 4 heterocycles. The van der Waals surface area contributed by atoms with Crippen LogP contribution in [0.5, 0.6) is 0 Å². The molecule has 0 atom stereocenters. The summed E-state index contributed by atoms with van der Waals surface area (Å²) < 4.78 is 11.5. The average molecular weight is 427 g/mol. The second-order valence-corrected chi connectivity index (χ2v) is 8.50. The van der Waals surface area contributed by atoms with Crippen molar-refractivity contribution in [3.05, 3.63) is 63.3 Å². The quantitative estimate of drug-likeness (QED) is 0.451. The van der Waals surface area contributed by atoms with Gasteiger partial charge in [-0.2, -0.15) is 0 Å². The number of benzene rings is 2. The predicted molar refractivity (Wildman–Crippen MR) is 125 cm³/mol. The normalized spacial score (nSPS) is 12.3. The molecule has 6 rings (SSSR count). The van der Waals surface area contributed by atoms with E-state index in [9.17, 15) is 9.59 Å². The molecule has 0 saturated heterocycles. The van der Waals surface area contributed by atoms with Crippen LogP contribution in [0.2, 0.25) is 0 Å². The molecule has 0 fully saturated rings. The van der Waals surface area contributed by atoms with Gasteiger partial charge >= 0.3 is 5.69 Å². The van der Waals surface area contributed by atoms with Crippen LogP contribution in [0, 0.1) is 0 Å². The van der Waals surface area contributed by atoms with Gasteiger partial charge < -0.3 is 9.52 Å². The largest absolute Gasteiger partial charge is 0.454 e. The van der Waals surface area contributed by atoms with Crippen LogP contribution >= 0.6 is 0 Å². The molecule has 1 N–H and O–H groups in total. The Morgan fingerprint density at radius 3 is 2.53 bits per heavy atom. The lowest BCUT2D eigenvalue weighted by atomic mass is 10.0. The van der Waals surface area contributed by atoms with Gasteiger partial charge in [0.05, 0.1) is 11.0 Å². The Balaban J connectivity index is 1.81. The Hall–Kier alpha value is -4.07. The summed E-state index contributed by atoms with van der Waals surface area (Å²) in [4.78, 5) is 29.3. The molecule has 8 nitrogen and oxygen atoms in total. The van der Waals surface area contributed by atoms with Crippen molar-refractivity contribution in [2.75, 3.05) is 0 Å². The number of imidazole rings is 1. The van der Waals surface area contributed by atoms with Gasteiger partial charge in [-0.3, -0.25) is 18.6 Å². The molecular formula is C24H21N5O3. The molecule has 32 heavy (non-hydrogen) atoms. The van der Waals surface area contributed by atoms with Crippen LogP contribution in [0.25, 0.3) is 55.3 Å². The van der Waals surface area contributed by atoms with E-state index in [0.717, 1.165) is 38.6 Å². The highest BCUT2D eigenvalue weighted by Crippen LogP contribution is 2.40. The third-order valence-electron chi connectivity index (χ3n) is 6.24. The first kappa shape index (κ1) is 18.7. The topological polar surface area (TPSA) is 90.8 Å². The highest BCUT2D eigenvalue weighted by Gasteiger charge is 2.21. The molecule has 0 spiro atoms. The van der Waals surface area contributed by atoms with Crippen LogP contribution in [0.3, 0.4) is 0 Å². The maximum Gasteiger partial charge on any atom is 0.328 e. The summed E-state index contributed by atoms with van der Waals surface area (Å²) >= 11 is 0. The van der Waals surface area contributed by atoms with Gasteiger partial charge in [0.1, 0.15) is 11.1 Å². The summed E-state index contributed by atoms with van der Waals surface area (Å²) in [6.07, 6.45) is 1.93. The van der Waals surface area contributed by atoms with Gasteiger partial charge in [-0.05, 0) is 43.7 Å². The molecule has 0 amide bonds. The van der Waals surface area contributed by atoms with Crippen LogP contribution in [-0.4, -0.2) is 23.9 Å². The maximum absolute atomic E-state index is 12.4. The second kappa shape index (κ2) is 6.23. The lowest BCUT2D eigenvalue weighted by molar-refractivity contribution is 0.547. The summed E-state index contributed by atoms with van der Waals surface area (Å²) in [5.41, 5.74) is 5.94. The Morgan fingerprint density at radius 1 is 0.969 bits per heavy atom. The molecule has 0 aliphatic carbocycles. The van der Waals surface area contributed by atoms with Crippen LogP contribution in [0.15, 0.2) is 56.6 Å². The van der Waals surface area contributed by atoms with E-state index >= 15 is 0 Å². The van der Waals surface area contributed by atoms with Gasteiger partial charge in [-0.1, -0.05) is 6.07 Å². The molecule has 160 valence electrons. The van der Waals surface area contributed by atoms with E-state index in [-0.39, 0.29) is 17.2 Å². The Kier molecular flexibility index (Phi) is 3.63. The standard InChI is InChI=1S/C24H21N5O3/c1-12(2)29-23-16(11-25-29)20(13-5-8-17-18(9-13)28(4)24(31)27(17)3)22-21(26-23)15-7-6-14(30)10-19(15)32-22/h5-12,25H,1-4H3.